The first-order valence-corrected chi connectivity index (χ1v) is 4.82. The molecule has 0 aliphatic carbocycles. The Morgan fingerprint density at radius 2 is 1.50 bits per heavy atom. The van der Waals surface area contributed by atoms with Gasteiger partial charge in [-0.15, -0.1) is 0 Å². The van der Waals surface area contributed by atoms with E-state index >= 15 is 0 Å². The van der Waals surface area contributed by atoms with Crippen LogP contribution in [0.15, 0.2) is 0 Å². The van der Waals surface area contributed by atoms with Crippen molar-refractivity contribution in [1.29, 1.82) is 0 Å². The van der Waals surface area contributed by atoms with E-state index in [4.69, 9.17) is 0 Å². The van der Waals surface area contributed by atoms with Crippen LogP contribution in [0.2, 0.25) is 0 Å². The minimum Gasteiger partial charge on any atom is -0.338 e. The molecule has 16 heavy (non-hydrogen) atoms. The summed E-state index contributed by atoms with van der Waals surface area (Å²) in [6.45, 7) is 10.8. The summed E-state index contributed by atoms with van der Waals surface area (Å²) in [7, 11) is 0. The van der Waals surface area contributed by atoms with Crippen LogP contribution in [0, 0.1) is 0 Å². The van der Waals surface area contributed by atoms with Crippen LogP contribution in [-0.4, -0.2) is 22.9 Å². The van der Waals surface area contributed by atoms with Crippen LogP contribution < -0.4 is 0 Å². The zero-order valence-corrected chi connectivity index (χ0v) is 10.5. The second-order valence-corrected chi connectivity index (χ2v) is 3.59. The number of rotatable bonds is 0. The van der Waals surface area contributed by atoms with Crippen molar-refractivity contribution in [1.82, 2.24) is 4.90 Å². The lowest BCUT2D eigenvalue weighted by atomic mass is 10.0. The van der Waals surface area contributed by atoms with Gasteiger partial charge in [0.2, 0.25) is 5.91 Å². The molecule has 1 fully saturated rings. The lowest BCUT2D eigenvalue weighted by molar-refractivity contribution is -0.131. The third-order valence-corrected chi connectivity index (χ3v) is 2.28. The molecule has 0 bridgehead atoms. The number of carbonyl (C=O) groups is 1. The van der Waals surface area contributed by atoms with Crippen LogP contribution in [0.3, 0.4) is 0 Å². The molecule has 1 amide bonds. The van der Waals surface area contributed by atoms with E-state index in [0.717, 1.165) is 19.4 Å². The van der Waals surface area contributed by atoms with Crippen molar-refractivity contribution in [3.63, 3.8) is 0 Å². The summed E-state index contributed by atoms with van der Waals surface area (Å²) < 4.78 is 0. The number of amides is 1. The van der Waals surface area contributed by atoms with Crippen molar-refractivity contribution in [3.8, 4) is 0 Å². The molecule has 1 heterocycles. The summed E-state index contributed by atoms with van der Waals surface area (Å²) in [5.41, 5.74) is 0.117. The number of nitrogens with zero attached hydrogens (tertiary/aromatic N) is 1. The molecular formula is C13H35NOS. The standard InChI is InChI=1S/C8H15NO.C2H6.3CH4.H2S/c1-7(10)9-6-4-5-8(9,2)3;1-2;;;;/h4-6H2,1-3H3;1-2H3;3*1H4;1H2. The third-order valence-electron chi connectivity index (χ3n) is 2.28. The van der Waals surface area contributed by atoms with E-state index in [2.05, 4.69) is 13.8 Å². The predicted molar refractivity (Wildman–Crippen MR) is 82.6 cm³/mol. The molecule has 0 atom stereocenters. The molecule has 3 heteroatoms. The van der Waals surface area contributed by atoms with Gasteiger partial charge in [-0.3, -0.25) is 4.79 Å². The first-order valence-electron chi connectivity index (χ1n) is 4.82. The third kappa shape index (κ3) is 8.03. The van der Waals surface area contributed by atoms with Crippen molar-refractivity contribution in [3.05, 3.63) is 0 Å². The van der Waals surface area contributed by atoms with Crippen LogP contribution >= 0.6 is 13.5 Å². The van der Waals surface area contributed by atoms with Crippen molar-refractivity contribution < 1.29 is 4.79 Å². The molecule has 2 nitrogen and oxygen atoms in total. The maximum Gasteiger partial charge on any atom is 0.219 e. The van der Waals surface area contributed by atoms with Gasteiger partial charge in [0.15, 0.2) is 0 Å². The van der Waals surface area contributed by atoms with Gasteiger partial charge < -0.3 is 4.90 Å². The van der Waals surface area contributed by atoms with Gasteiger partial charge in [0.25, 0.3) is 0 Å². The van der Waals surface area contributed by atoms with Crippen molar-refractivity contribution in [2.75, 3.05) is 6.54 Å². The summed E-state index contributed by atoms with van der Waals surface area (Å²) in [5, 5.41) is 0. The van der Waals surface area contributed by atoms with Crippen molar-refractivity contribution in [2.45, 2.75) is 75.3 Å². The number of likely N-dealkylation sites (tertiary alicyclic amines) is 1. The zero-order valence-electron chi connectivity index (χ0n) is 9.48. The maximum absolute atomic E-state index is 11.0. The molecule has 0 N–H and O–H groups in total. The van der Waals surface area contributed by atoms with E-state index in [1.165, 1.54) is 0 Å². The highest BCUT2D eigenvalue weighted by molar-refractivity contribution is 7.59. The summed E-state index contributed by atoms with van der Waals surface area (Å²) in [4.78, 5) is 12.9. The summed E-state index contributed by atoms with van der Waals surface area (Å²) >= 11 is 0. The van der Waals surface area contributed by atoms with Crippen LogP contribution in [-0.2, 0) is 4.79 Å². The highest BCUT2D eigenvalue weighted by Crippen LogP contribution is 2.27. The van der Waals surface area contributed by atoms with Crippen LogP contribution in [0.1, 0.15) is 69.7 Å². The van der Waals surface area contributed by atoms with E-state index < -0.39 is 0 Å². The Morgan fingerprint density at radius 1 is 1.12 bits per heavy atom. The van der Waals surface area contributed by atoms with Gasteiger partial charge in [-0.2, -0.15) is 13.5 Å². The van der Waals surface area contributed by atoms with E-state index in [9.17, 15) is 4.79 Å². The van der Waals surface area contributed by atoms with E-state index in [0.29, 0.717) is 0 Å². The molecule has 0 spiro atoms. The quantitative estimate of drug-likeness (QED) is 0.624. The van der Waals surface area contributed by atoms with E-state index in [-0.39, 0.29) is 47.2 Å². The van der Waals surface area contributed by atoms with Crippen LogP contribution in [0.5, 0.6) is 0 Å². The number of carbonyl (C=O) groups excluding carboxylic acids is 1. The molecule has 1 saturated heterocycles. The maximum atomic E-state index is 11.0. The fourth-order valence-corrected chi connectivity index (χ4v) is 1.69. The zero-order chi connectivity index (χ0) is 9.78. The van der Waals surface area contributed by atoms with Crippen LogP contribution in [0.25, 0.3) is 0 Å². The normalized spacial score (nSPS) is 14.9. The molecule has 0 aromatic heterocycles. The van der Waals surface area contributed by atoms with Gasteiger partial charge in [-0.1, -0.05) is 36.1 Å². The minimum absolute atomic E-state index is 0. The first-order chi connectivity index (χ1) is 5.54. The highest BCUT2D eigenvalue weighted by Gasteiger charge is 2.33. The monoisotopic (exact) mass is 253 g/mol. The molecule has 0 saturated carbocycles. The molecule has 1 aliphatic heterocycles. The second kappa shape index (κ2) is 12.9. The van der Waals surface area contributed by atoms with Gasteiger partial charge in [-0.25, -0.2) is 0 Å². The van der Waals surface area contributed by atoms with Crippen molar-refractivity contribution in [2.24, 2.45) is 0 Å². The van der Waals surface area contributed by atoms with E-state index in [1.807, 2.05) is 18.7 Å². The fourth-order valence-electron chi connectivity index (χ4n) is 1.69. The van der Waals surface area contributed by atoms with Gasteiger partial charge >= 0.3 is 0 Å². The average Bonchev–Trinajstić information content (AvgIpc) is 2.33. The first kappa shape index (κ1) is 29.7. The average molecular weight is 253 g/mol. The highest BCUT2D eigenvalue weighted by atomic mass is 32.1. The SMILES string of the molecule is C.C.C.CC.CC(=O)N1CCCC1(C)C.S. The second-order valence-electron chi connectivity index (χ2n) is 3.59. The molecule has 0 radical (unpaired) electrons. The summed E-state index contributed by atoms with van der Waals surface area (Å²) in [6, 6.07) is 0. The lowest BCUT2D eigenvalue weighted by Crippen LogP contribution is -2.41. The lowest BCUT2D eigenvalue weighted by Gasteiger charge is -2.30. The number of hydrogen-bond acceptors (Lipinski definition) is 1. The Morgan fingerprint density at radius 3 is 1.62 bits per heavy atom. The topological polar surface area (TPSA) is 20.3 Å². The molecule has 1 rings (SSSR count). The molecule has 0 aromatic rings. The Hall–Kier alpha value is -0.180. The fraction of sp³-hybridized carbons (Fsp3) is 0.923. The van der Waals surface area contributed by atoms with Gasteiger partial charge in [0.1, 0.15) is 0 Å². The molecular weight excluding hydrogens is 218 g/mol. The number of hydrogen-bond donors (Lipinski definition) is 0. The van der Waals surface area contributed by atoms with Gasteiger partial charge in [0, 0.05) is 19.0 Å². The summed E-state index contributed by atoms with van der Waals surface area (Å²) in [5.74, 6) is 0.211. The minimum atomic E-state index is 0. The van der Waals surface area contributed by atoms with Gasteiger partial charge in [-0.05, 0) is 26.7 Å². The predicted octanol–water partition coefficient (Wildman–Crippen LogP) is 4.45. The molecule has 0 aromatic carbocycles. The molecule has 104 valence electrons. The Balaban J connectivity index is -0.0000000637. The smallest absolute Gasteiger partial charge is 0.219 e. The Bertz CT molecular complexity index is 158. The Labute approximate surface area is 111 Å². The molecule has 0 unspecified atom stereocenters. The van der Waals surface area contributed by atoms with Gasteiger partial charge in [0.05, 0.1) is 0 Å². The summed E-state index contributed by atoms with van der Waals surface area (Å²) in [6.07, 6.45) is 2.30. The van der Waals surface area contributed by atoms with Crippen molar-refractivity contribution >= 4 is 19.4 Å². The Kier molecular flexibility index (Phi) is 23.9. The largest absolute Gasteiger partial charge is 0.338 e. The molecule has 1 aliphatic rings. The van der Waals surface area contributed by atoms with Crippen LogP contribution in [0.4, 0.5) is 0 Å². The van der Waals surface area contributed by atoms with E-state index in [1.54, 1.807) is 6.92 Å².